The monoisotopic (exact) mass is 423 g/mol. The number of likely N-dealkylation sites (tertiary alicyclic amines) is 1. The van der Waals surface area contributed by atoms with Crippen LogP contribution in [-0.4, -0.2) is 38.4 Å². The van der Waals surface area contributed by atoms with E-state index in [1.807, 2.05) is 36.4 Å². The molecule has 1 aliphatic heterocycles. The summed E-state index contributed by atoms with van der Waals surface area (Å²) in [6.45, 7) is 6.60. The van der Waals surface area contributed by atoms with Crippen molar-refractivity contribution in [2.45, 2.75) is 44.9 Å². The van der Waals surface area contributed by atoms with Crippen molar-refractivity contribution in [1.29, 1.82) is 0 Å². The molecule has 5 nitrogen and oxygen atoms in total. The molecule has 0 aromatic heterocycles. The molecule has 0 bridgehead atoms. The van der Waals surface area contributed by atoms with Crippen LogP contribution in [0.25, 0.3) is 0 Å². The lowest BCUT2D eigenvalue weighted by atomic mass is 10.2. The van der Waals surface area contributed by atoms with E-state index in [4.69, 9.17) is 4.43 Å². The van der Waals surface area contributed by atoms with Gasteiger partial charge in [0.05, 0.1) is 7.11 Å². The highest BCUT2D eigenvalue weighted by Gasteiger charge is 2.53. The van der Waals surface area contributed by atoms with Gasteiger partial charge in [-0.15, -0.1) is 0 Å². The van der Waals surface area contributed by atoms with Crippen LogP contribution in [0.4, 0.5) is 0 Å². The molecule has 2 aromatic rings. The summed E-state index contributed by atoms with van der Waals surface area (Å²) < 4.78 is 11.7. The Hall–Kier alpha value is -2.70. The van der Waals surface area contributed by atoms with Gasteiger partial charge in [0.25, 0.3) is 8.32 Å². The first-order valence-corrected chi connectivity index (χ1v) is 12.1. The number of hydrogen-bond donors (Lipinski definition) is 0. The van der Waals surface area contributed by atoms with E-state index in [0.717, 1.165) is 10.4 Å². The average molecular weight is 424 g/mol. The zero-order valence-electron chi connectivity index (χ0n) is 18.0. The minimum atomic E-state index is -2.79. The van der Waals surface area contributed by atoms with Crippen LogP contribution in [-0.2, 0) is 18.8 Å². The Morgan fingerprint density at radius 3 is 2.03 bits per heavy atom. The maximum absolute atomic E-state index is 12.6. The fourth-order valence-corrected chi connectivity index (χ4v) is 8.73. The molecule has 1 amide bonds. The maximum Gasteiger partial charge on any atom is 0.331 e. The van der Waals surface area contributed by atoms with Gasteiger partial charge in [0.15, 0.2) is 0 Å². The van der Waals surface area contributed by atoms with E-state index < -0.39 is 20.5 Å². The second kappa shape index (κ2) is 8.98. The van der Waals surface area contributed by atoms with Crippen LogP contribution in [0.5, 0.6) is 0 Å². The number of nitrogens with zero attached hydrogens (tertiary/aromatic N) is 1. The van der Waals surface area contributed by atoms with Crippen LogP contribution in [0.15, 0.2) is 72.9 Å². The molecule has 0 aliphatic carbocycles. The highest BCUT2D eigenvalue weighted by atomic mass is 28.4. The fraction of sp³-hybridized carbons (Fsp3) is 0.333. The van der Waals surface area contributed by atoms with Gasteiger partial charge in [-0.3, -0.25) is 9.69 Å². The molecule has 2 aromatic carbocycles. The first kappa shape index (κ1) is 22.0. The van der Waals surface area contributed by atoms with E-state index in [1.165, 1.54) is 24.3 Å². The summed E-state index contributed by atoms with van der Waals surface area (Å²) in [7, 11) is -1.48. The molecule has 1 atom stereocenters. The van der Waals surface area contributed by atoms with Crippen molar-refractivity contribution in [3.8, 4) is 0 Å². The zero-order valence-corrected chi connectivity index (χ0v) is 19.0. The lowest BCUT2D eigenvalue weighted by Crippen LogP contribution is -2.68. The smallest absolute Gasteiger partial charge is 0.331 e. The number of amides is 1. The lowest BCUT2D eigenvalue weighted by Gasteiger charge is -2.45. The van der Waals surface area contributed by atoms with Gasteiger partial charge in [-0.05, 0) is 15.4 Å². The van der Waals surface area contributed by atoms with Crippen molar-refractivity contribution in [2.24, 2.45) is 0 Å². The predicted molar refractivity (Wildman–Crippen MR) is 120 cm³/mol. The SMILES string of the molecule is COC(=O)/C=C/N1C(=O)CCC1O[Si](c1ccccc1)(c1ccccc1)C(C)(C)C. The molecular formula is C24H29NO4Si. The van der Waals surface area contributed by atoms with Gasteiger partial charge in [0.2, 0.25) is 5.91 Å². The van der Waals surface area contributed by atoms with Crippen molar-refractivity contribution in [3.63, 3.8) is 0 Å². The van der Waals surface area contributed by atoms with Crippen LogP contribution < -0.4 is 10.4 Å². The third kappa shape index (κ3) is 4.25. The van der Waals surface area contributed by atoms with E-state index in [1.54, 1.807) is 0 Å². The molecule has 1 fully saturated rings. The summed E-state index contributed by atoms with van der Waals surface area (Å²) in [6, 6.07) is 20.6. The molecule has 1 saturated heterocycles. The van der Waals surface area contributed by atoms with Gasteiger partial charge in [0, 0.05) is 25.1 Å². The van der Waals surface area contributed by atoms with Gasteiger partial charge in [-0.1, -0.05) is 81.4 Å². The van der Waals surface area contributed by atoms with E-state index in [-0.39, 0.29) is 10.9 Å². The zero-order chi connectivity index (χ0) is 21.8. The van der Waals surface area contributed by atoms with Crippen LogP contribution >= 0.6 is 0 Å². The Morgan fingerprint density at radius 2 is 1.57 bits per heavy atom. The Labute approximate surface area is 179 Å². The number of benzene rings is 2. The fourth-order valence-electron chi connectivity index (χ4n) is 4.08. The molecule has 0 N–H and O–H groups in total. The predicted octanol–water partition coefficient (Wildman–Crippen LogP) is 3.20. The topological polar surface area (TPSA) is 55.8 Å². The standard InChI is InChI=1S/C24H29NO4Si/c1-24(2,3)30(19-11-7-5-8-12-19,20-13-9-6-10-14-20)29-22-16-15-21(26)25(22)18-17-23(27)28-4/h5-14,17-18,22H,15-16H2,1-4H3/b18-17+. The molecule has 6 heteroatoms. The molecule has 1 aliphatic rings. The summed E-state index contributed by atoms with van der Waals surface area (Å²) >= 11 is 0. The molecule has 0 spiro atoms. The number of esters is 1. The van der Waals surface area contributed by atoms with Crippen LogP contribution in [0, 0.1) is 0 Å². The number of hydrogen-bond acceptors (Lipinski definition) is 4. The van der Waals surface area contributed by atoms with E-state index in [0.29, 0.717) is 12.8 Å². The Bertz CT molecular complexity index is 866. The first-order valence-electron chi connectivity index (χ1n) is 10.2. The number of carbonyl (C=O) groups excluding carboxylic acids is 2. The van der Waals surface area contributed by atoms with E-state index in [2.05, 4.69) is 49.8 Å². The second-order valence-electron chi connectivity index (χ2n) is 8.41. The molecule has 0 saturated carbocycles. The van der Waals surface area contributed by atoms with Crippen LogP contribution in [0.1, 0.15) is 33.6 Å². The number of carbonyl (C=O) groups is 2. The molecule has 3 rings (SSSR count). The van der Waals surface area contributed by atoms with Crippen LogP contribution in [0.2, 0.25) is 5.04 Å². The van der Waals surface area contributed by atoms with E-state index in [9.17, 15) is 9.59 Å². The van der Waals surface area contributed by atoms with Crippen molar-refractivity contribution in [3.05, 3.63) is 72.9 Å². The third-order valence-electron chi connectivity index (χ3n) is 5.51. The first-order chi connectivity index (χ1) is 14.3. The second-order valence-corrected chi connectivity index (χ2v) is 12.7. The normalized spacial score (nSPS) is 17.5. The quantitative estimate of drug-likeness (QED) is 0.407. The number of ether oxygens (including phenoxy) is 1. The third-order valence-corrected chi connectivity index (χ3v) is 10.5. The van der Waals surface area contributed by atoms with Crippen molar-refractivity contribution >= 4 is 30.6 Å². The molecule has 1 unspecified atom stereocenters. The van der Waals surface area contributed by atoms with Crippen molar-refractivity contribution in [1.82, 2.24) is 4.90 Å². The molecular weight excluding hydrogens is 394 g/mol. The summed E-state index contributed by atoms with van der Waals surface area (Å²) in [5.41, 5.74) is 0. The van der Waals surface area contributed by atoms with Crippen molar-refractivity contribution < 1.29 is 18.8 Å². The number of rotatable bonds is 6. The average Bonchev–Trinajstić information content (AvgIpc) is 3.09. The lowest BCUT2D eigenvalue weighted by molar-refractivity contribution is -0.134. The molecule has 0 radical (unpaired) electrons. The van der Waals surface area contributed by atoms with E-state index >= 15 is 0 Å². The number of methoxy groups -OCH3 is 1. The minimum Gasteiger partial charge on any atom is -0.466 e. The van der Waals surface area contributed by atoms with Crippen LogP contribution in [0.3, 0.4) is 0 Å². The summed E-state index contributed by atoms with van der Waals surface area (Å²) in [6.07, 6.45) is 3.28. The van der Waals surface area contributed by atoms with Gasteiger partial charge in [-0.2, -0.15) is 0 Å². The highest BCUT2D eigenvalue weighted by molar-refractivity contribution is 6.99. The van der Waals surface area contributed by atoms with Gasteiger partial charge < -0.3 is 9.16 Å². The summed E-state index contributed by atoms with van der Waals surface area (Å²) in [4.78, 5) is 25.7. The molecule has 30 heavy (non-hydrogen) atoms. The van der Waals surface area contributed by atoms with Gasteiger partial charge in [-0.25, -0.2) is 4.79 Å². The minimum absolute atomic E-state index is 0.0573. The summed E-state index contributed by atoms with van der Waals surface area (Å²) in [5.74, 6) is -0.558. The molecule has 158 valence electrons. The Morgan fingerprint density at radius 1 is 1.03 bits per heavy atom. The van der Waals surface area contributed by atoms with Crippen molar-refractivity contribution in [2.75, 3.05) is 7.11 Å². The van der Waals surface area contributed by atoms with Gasteiger partial charge >= 0.3 is 5.97 Å². The Balaban J connectivity index is 2.10. The Kier molecular flexibility index (Phi) is 6.58. The largest absolute Gasteiger partial charge is 0.466 e. The van der Waals surface area contributed by atoms with Gasteiger partial charge in [0.1, 0.15) is 6.23 Å². The molecule has 1 heterocycles. The highest BCUT2D eigenvalue weighted by Crippen LogP contribution is 2.39. The summed E-state index contributed by atoms with van der Waals surface area (Å²) in [5, 5.41) is 2.11. The maximum atomic E-state index is 12.6.